The van der Waals surface area contributed by atoms with Crippen LogP contribution in [0.4, 0.5) is 0 Å². The maximum atomic E-state index is 11.1. The molecular formula is C18H15ClO. The molecule has 20 heavy (non-hydrogen) atoms. The molecule has 0 N–H and O–H groups in total. The summed E-state index contributed by atoms with van der Waals surface area (Å²) in [6, 6.07) is 16.8. The van der Waals surface area contributed by atoms with Crippen molar-refractivity contribution in [2.75, 3.05) is 0 Å². The van der Waals surface area contributed by atoms with Gasteiger partial charge in [0, 0.05) is 6.42 Å². The van der Waals surface area contributed by atoms with Gasteiger partial charge in [-0.25, -0.2) is 0 Å². The van der Waals surface area contributed by atoms with Crippen molar-refractivity contribution < 1.29 is 4.79 Å². The smallest absolute Gasteiger partial charge is 0.225 e. The molecule has 0 bridgehead atoms. The van der Waals surface area contributed by atoms with Gasteiger partial charge < -0.3 is 0 Å². The number of benzene rings is 2. The van der Waals surface area contributed by atoms with Crippen molar-refractivity contribution in [3.8, 4) is 0 Å². The molecule has 0 spiro atoms. The second kappa shape index (κ2) is 5.64. The minimum atomic E-state index is -0.322. The Balaban J connectivity index is 2.19. The van der Waals surface area contributed by atoms with Gasteiger partial charge in [-0.3, -0.25) is 4.79 Å². The summed E-state index contributed by atoms with van der Waals surface area (Å²) in [5, 5.41) is -0.322. The molecule has 1 nitrogen and oxygen atoms in total. The van der Waals surface area contributed by atoms with Crippen molar-refractivity contribution >= 4 is 22.4 Å². The third-order valence-corrected chi connectivity index (χ3v) is 3.90. The van der Waals surface area contributed by atoms with Crippen LogP contribution in [0, 0.1) is 0 Å². The van der Waals surface area contributed by atoms with E-state index in [1.165, 1.54) is 22.3 Å². The van der Waals surface area contributed by atoms with E-state index in [2.05, 4.69) is 36.4 Å². The van der Waals surface area contributed by atoms with Crippen LogP contribution >= 0.6 is 11.6 Å². The summed E-state index contributed by atoms with van der Waals surface area (Å²) in [5.41, 5.74) is 6.22. The van der Waals surface area contributed by atoms with Gasteiger partial charge in [0.2, 0.25) is 5.24 Å². The average molecular weight is 283 g/mol. The summed E-state index contributed by atoms with van der Waals surface area (Å²) in [4.78, 5) is 11.1. The molecule has 1 aliphatic rings. The molecule has 0 unspecified atom stereocenters. The Morgan fingerprint density at radius 3 is 1.95 bits per heavy atom. The van der Waals surface area contributed by atoms with Crippen LogP contribution in [0.2, 0.25) is 0 Å². The van der Waals surface area contributed by atoms with Gasteiger partial charge >= 0.3 is 0 Å². The minimum Gasteiger partial charge on any atom is -0.281 e. The molecule has 0 aromatic heterocycles. The number of carbonyl (C=O) groups is 1. The highest BCUT2D eigenvalue weighted by Gasteiger charge is 2.17. The molecule has 0 atom stereocenters. The zero-order valence-electron chi connectivity index (χ0n) is 11.1. The Morgan fingerprint density at radius 2 is 1.45 bits per heavy atom. The number of hydrogen-bond acceptors (Lipinski definition) is 1. The van der Waals surface area contributed by atoms with Crippen LogP contribution < -0.4 is 0 Å². The van der Waals surface area contributed by atoms with Crippen LogP contribution in [0.3, 0.4) is 0 Å². The Kier molecular flexibility index (Phi) is 3.70. The van der Waals surface area contributed by atoms with Crippen LogP contribution in [0.1, 0.15) is 28.7 Å². The van der Waals surface area contributed by atoms with Crippen LogP contribution in [0.15, 0.2) is 54.6 Å². The topological polar surface area (TPSA) is 17.1 Å². The van der Waals surface area contributed by atoms with Crippen molar-refractivity contribution in [3.63, 3.8) is 0 Å². The Morgan fingerprint density at radius 1 is 0.950 bits per heavy atom. The van der Waals surface area contributed by atoms with E-state index in [-0.39, 0.29) is 11.7 Å². The predicted molar refractivity (Wildman–Crippen MR) is 82.8 cm³/mol. The molecule has 100 valence electrons. The van der Waals surface area contributed by atoms with E-state index in [0.29, 0.717) is 0 Å². The van der Waals surface area contributed by atoms with E-state index in [0.717, 1.165) is 18.4 Å². The normalized spacial score (nSPS) is 13.2. The number of hydrogen-bond donors (Lipinski definition) is 0. The first kappa shape index (κ1) is 13.1. The lowest BCUT2D eigenvalue weighted by Gasteiger charge is -2.11. The molecule has 0 fully saturated rings. The summed E-state index contributed by atoms with van der Waals surface area (Å²) in [6.45, 7) is 0. The highest BCUT2D eigenvalue weighted by Crippen LogP contribution is 2.33. The second-order valence-electron chi connectivity index (χ2n) is 4.99. The van der Waals surface area contributed by atoms with E-state index in [1.54, 1.807) is 0 Å². The monoisotopic (exact) mass is 282 g/mol. The zero-order chi connectivity index (χ0) is 13.9. The minimum absolute atomic E-state index is 0.263. The third kappa shape index (κ3) is 2.54. The van der Waals surface area contributed by atoms with Gasteiger partial charge in [-0.15, -0.1) is 0 Å². The molecule has 2 aromatic rings. The van der Waals surface area contributed by atoms with Crippen LogP contribution in [-0.4, -0.2) is 5.24 Å². The number of fused-ring (bicyclic) bond motifs is 2. The molecule has 0 saturated heterocycles. The molecule has 3 rings (SSSR count). The Labute approximate surface area is 123 Å². The Hall–Kier alpha value is -1.86. The Bertz CT molecular complexity index is 636. The van der Waals surface area contributed by atoms with E-state index >= 15 is 0 Å². The lowest BCUT2D eigenvalue weighted by Crippen LogP contribution is -1.93. The fourth-order valence-corrected chi connectivity index (χ4v) is 2.90. The van der Waals surface area contributed by atoms with E-state index in [9.17, 15) is 4.79 Å². The molecule has 1 aliphatic carbocycles. The van der Waals surface area contributed by atoms with Crippen molar-refractivity contribution in [3.05, 3.63) is 76.9 Å². The summed E-state index contributed by atoms with van der Waals surface area (Å²) >= 11 is 5.51. The van der Waals surface area contributed by atoms with Gasteiger partial charge in [-0.1, -0.05) is 54.6 Å². The van der Waals surface area contributed by atoms with Crippen molar-refractivity contribution in [1.29, 1.82) is 0 Å². The van der Waals surface area contributed by atoms with Gasteiger partial charge in [0.05, 0.1) is 0 Å². The predicted octanol–water partition coefficient (Wildman–Crippen LogP) is 4.37. The third-order valence-electron chi connectivity index (χ3n) is 3.75. The molecule has 2 heteroatoms. The van der Waals surface area contributed by atoms with Crippen molar-refractivity contribution in [2.24, 2.45) is 0 Å². The first-order chi connectivity index (χ1) is 9.75. The van der Waals surface area contributed by atoms with Crippen LogP contribution in [-0.2, 0) is 17.6 Å². The number of halogens is 1. The molecular weight excluding hydrogens is 268 g/mol. The number of rotatable bonds is 2. The second-order valence-corrected chi connectivity index (χ2v) is 5.41. The van der Waals surface area contributed by atoms with Crippen LogP contribution in [0.5, 0.6) is 0 Å². The van der Waals surface area contributed by atoms with Gasteiger partial charge in [0.1, 0.15) is 0 Å². The molecule has 0 aliphatic heterocycles. The maximum Gasteiger partial charge on any atom is 0.225 e. The van der Waals surface area contributed by atoms with Crippen molar-refractivity contribution in [1.82, 2.24) is 0 Å². The summed E-state index contributed by atoms with van der Waals surface area (Å²) in [7, 11) is 0. The van der Waals surface area contributed by atoms with Gasteiger partial charge in [0.15, 0.2) is 0 Å². The average Bonchev–Trinajstić information content (AvgIpc) is 2.62. The standard InChI is InChI=1S/C18H15ClO/c19-18(20)12-11-17-15-7-3-1-5-13(15)9-10-14-6-2-4-8-16(14)17/h1-8,11H,9-10,12H2. The first-order valence-corrected chi connectivity index (χ1v) is 7.18. The zero-order valence-corrected chi connectivity index (χ0v) is 11.9. The SMILES string of the molecule is O=C(Cl)CC=C1c2ccccc2CCc2ccccc21. The molecule has 0 heterocycles. The summed E-state index contributed by atoms with van der Waals surface area (Å²) in [5.74, 6) is 0. The van der Waals surface area contributed by atoms with E-state index in [1.807, 2.05) is 18.2 Å². The highest BCUT2D eigenvalue weighted by molar-refractivity contribution is 6.63. The van der Waals surface area contributed by atoms with Gasteiger partial charge in [0.25, 0.3) is 0 Å². The number of aryl methyl sites for hydroxylation is 2. The van der Waals surface area contributed by atoms with Crippen molar-refractivity contribution in [2.45, 2.75) is 19.3 Å². The lowest BCUT2D eigenvalue weighted by atomic mass is 9.93. The van der Waals surface area contributed by atoms with Gasteiger partial charge in [-0.2, -0.15) is 0 Å². The summed E-state index contributed by atoms with van der Waals surface area (Å²) < 4.78 is 0. The molecule has 0 amide bonds. The number of carbonyl (C=O) groups excluding carboxylic acids is 1. The molecule has 0 radical (unpaired) electrons. The highest BCUT2D eigenvalue weighted by atomic mass is 35.5. The first-order valence-electron chi connectivity index (χ1n) is 6.81. The van der Waals surface area contributed by atoms with E-state index < -0.39 is 0 Å². The molecule has 0 saturated carbocycles. The van der Waals surface area contributed by atoms with Gasteiger partial charge in [-0.05, 0) is 52.3 Å². The fourth-order valence-electron chi connectivity index (χ4n) is 2.82. The number of allylic oxidation sites excluding steroid dienone is 1. The maximum absolute atomic E-state index is 11.1. The summed E-state index contributed by atoms with van der Waals surface area (Å²) in [6.07, 6.45) is 4.27. The fraction of sp³-hybridized carbons (Fsp3) is 0.167. The molecule has 2 aromatic carbocycles. The van der Waals surface area contributed by atoms with E-state index in [4.69, 9.17) is 11.6 Å². The largest absolute Gasteiger partial charge is 0.281 e. The lowest BCUT2D eigenvalue weighted by molar-refractivity contribution is -0.110. The quantitative estimate of drug-likeness (QED) is 0.748. The van der Waals surface area contributed by atoms with Crippen LogP contribution in [0.25, 0.3) is 5.57 Å².